The second-order valence-corrected chi connectivity index (χ2v) is 15.3. The fourth-order valence-electron chi connectivity index (χ4n) is 5.72. The summed E-state index contributed by atoms with van der Waals surface area (Å²) in [6.45, 7) is 7.59. The summed E-state index contributed by atoms with van der Waals surface area (Å²) >= 11 is 0. The van der Waals surface area contributed by atoms with Crippen LogP contribution in [-0.2, 0) is 29.1 Å². The van der Waals surface area contributed by atoms with Gasteiger partial charge in [-0.15, -0.1) is 0 Å². The van der Waals surface area contributed by atoms with Gasteiger partial charge in [0.15, 0.2) is 0 Å². The predicted octanol–water partition coefficient (Wildman–Crippen LogP) is 3.50. The fraction of sp³-hybridized carbons (Fsp3) is 0.862. The molecule has 41 heavy (non-hydrogen) atoms. The van der Waals surface area contributed by atoms with Gasteiger partial charge >= 0.3 is 6.09 Å². The van der Waals surface area contributed by atoms with Crippen molar-refractivity contribution in [3.63, 3.8) is 0 Å². The molecule has 234 valence electrons. The molecular weight excluding hydrogens is 548 g/mol. The molecule has 4 N–H and O–H groups in total. The Kier molecular flexibility index (Phi) is 11.1. The van der Waals surface area contributed by atoms with Gasteiger partial charge in [0.05, 0.1) is 10.7 Å². The van der Waals surface area contributed by atoms with Crippen LogP contribution in [0, 0.1) is 11.3 Å². The van der Waals surface area contributed by atoms with Gasteiger partial charge in [-0.25, -0.2) is 13.2 Å². The maximum absolute atomic E-state index is 13.2. The van der Waals surface area contributed by atoms with Gasteiger partial charge in [0.1, 0.15) is 17.7 Å². The fourth-order valence-corrected chi connectivity index (χ4v) is 7.13. The molecule has 1 heterocycles. The Morgan fingerprint density at radius 2 is 1.61 bits per heavy atom. The van der Waals surface area contributed by atoms with Gasteiger partial charge in [-0.05, 0) is 71.6 Å². The maximum Gasteiger partial charge on any atom is 0.408 e. The van der Waals surface area contributed by atoms with Crippen molar-refractivity contribution in [3.8, 4) is 0 Å². The summed E-state index contributed by atoms with van der Waals surface area (Å²) in [5.41, 5.74) is 4.24. The maximum atomic E-state index is 13.2. The van der Waals surface area contributed by atoms with Crippen molar-refractivity contribution in [2.24, 2.45) is 17.1 Å². The SMILES string of the molecule is CC(C)(C)OC(=O)NC(CCCCCCCCC[C@@H]1C[C@]1(C)C(=O)NS(=O)(=O)C1CC1)C(=O)N1CCC[C@H]1C(N)=O. The number of hydrogen-bond donors (Lipinski definition) is 3. The van der Waals surface area contributed by atoms with Crippen molar-refractivity contribution < 1.29 is 32.3 Å². The molecule has 12 heteroatoms. The number of amides is 4. The average molecular weight is 599 g/mol. The van der Waals surface area contributed by atoms with Crippen molar-refractivity contribution in [1.82, 2.24) is 14.9 Å². The first-order chi connectivity index (χ1) is 19.1. The topological polar surface area (TPSA) is 165 Å². The molecule has 11 nitrogen and oxygen atoms in total. The minimum Gasteiger partial charge on any atom is -0.444 e. The summed E-state index contributed by atoms with van der Waals surface area (Å²) < 4.78 is 31.8. The number of hydrogen-bond acceptors (Lipinski definition) is 7. The van der Waals surface area contributed by atoms with Crippen LogP contribution in [-0.4, -0.2) is 66.6 Å². The molecule has 4 atom stereocenters. The number of rotatable bonds is 16. The average Bonchev–Trinajstić information content (AvgIpc) is 3.77. The van der Waals surface area contributed by atoms with E-state index in [4.69, 9.17) is 10.5 Å². The number of primary amides is 1. The van der Waals surface area contributed by atoms with Gasteiger partial charge in [0, 0.05) is 6.54 Å². The molecule has 1 unspecified atom stereocenters. The number of carbonyl (C=O) groups is 4. The van der Waals surface area contributed by atoms with Crippen molar-refractivity contribution >= 4 is 33.8 Å². The molecule has 4 amide bonds. The van der Waals surface area contributed by atoms with E-state index in [9.17, 15) is 27.6 Å². The molecule has 0 aromatic rings. The highest BCUT2D eigenvalue weighted by atomic mass is 32.2. The Morgan fingerprint density at radius 3 is 2.20 bits per heavy atom. The number of sulfonamides is 1. The van der Waals surface area contributed by atoms with Crippen molar-refractivity contribution in [1.29, 1.82) is 0 Å². The number of unbranched alkanes of at least 4 members (excludes halogenated alkanes) is 6. The minimum atomic E-state index is -3.49. The number of likely N-dealkylation sites (tertiary alicyclic amines) is 1. The molecule has 3 aliphatic rings. The molecule has 1 saturated heterocycles. The van der Waals surface area contributed by atoms with Crippen LogP contribution in [0.1, 0.15) is 118 Å². The third kappa shape index (κ3) is 9.85. The summed E-state index contributed by atoms with van der Waals surface area (Å²) in [7, 11) is -3.49. The zero-order valence-electron chi connectivity index (χ0n) is 25.2. The first kappa shape index (κ1) is 33.1. The van der Waals surface area contributed by atoms with Crippen LogP contribution in [0.3, 0.4) is 0 Å². The van der Waals surface area contributed by atoms with Crippen molar-refractivity contribution in [2.45, 2.75) is 141 Å². The lowest BCUT2D eigenvalue weighted by Gasteiger charge is -2.29. The van der Waals surface area contributed by atoms with Gasteiger partial charge < -0.3 is 20.7 Å². The van der Waals surface area contributed by atoms with Crippen LogP contribution in [0.15, 0.2) is 0 Å². The monoisotopic (exact) mass is 598 g/mol. The number of nitrogens with two attached hydrogens (primary N) is 1. The molecular formula is C29H50N4O7S. The third-order valence-electron chi connectivity index (χ3n) is 8.53. The molecule has 2 saturated carbocycles. The van der Waals surface area contributed by atoms with Crippen LogP contribution in [0.2, 0.25) is 0 Å². The molecule has 0 aromatic heterocycles. The Balaban J connectivity index is 1.32. The summed E-state index contributed by atoms with van der Waals surface area (Å²) in [5, 5.41) is 2.32. The zero-order chi connectivity index (χ0) is 30.4. The number of ether oxygens (including phenoxy) is 1. The highest BCUT2D eigenvalue weighted by Crippen LogP contribution is 2.55. The molecule has 0 radical (unpaired) electrons. The molecule has 0 bridgehead atoms. The predicted molar refractivity (Wildman–Crippen MR) is 155 cm³/mol. The second-order valence-electron chi connectivity index (χ2n) is 13.3. The standard InChI is InChI=1S/C29H50N4O7S/c1-28(2,3)40-27(37)31-22(25(35)33-18-12-15-23(33)24(30)34)14-11-9-7-5-6-8-10-13-20-19-29(20,4)26(36)32-41(38,39)21-16-17-21/h20-23H,5-19H2,1-4H3,(H2,30,34)(H,31,37)(H,32,36)/t20-,22?,23+,29+/m1/s1. The molecule has 3 fully saturated rings. The third-order valence-corrected chi connectivity index (χ3v) is 10.3. The lowest BCUT2D eigenvalue weighted by molar-refractivity contribution is -0.139. The first-order valence-electron chi connectivity index (χ1n) is 15.3. The van der Waals surface area contributed by atoms with Crippen LogP contribution < -0.4 is 15.8 Å². The first-order valence-corrected chi connectivity index (χ1v) is 16.8. The number of alkyl carbamates (subject to hydrolysis) is 1. The second kappa shape index (κ2) is 13.7. The molecule has 0 aromatic carbocycles. The van der Waals surface area contributed by atoms with Crippen molar-refractivity contribution in [3.05, 3.63) is 0 Å². The number of nitrogens with zero attached hydrogens (tertiary/aromatic N) is 1. The van der Waals surface area contributed by atoms with Gasteiger partial charge in [-0.3, -0.25) is 19.1 Å². The largest absolute Gasteiger partial charge is 0.444 e. The van der Waals surface area contributed by atoms with Gasteiger partial charge in [-0.2, -0.15) is 0 Å². The van der Waals surface area contributed by atoms with E-state index in [2.05, 4.69) is 10.0 Å². The highest BCUT2D eigenvalue weighted by Gasteiger charge is 2.56. The van der Waals surface area contributed by atoms with E-state index in [-0.39, 0.29) is 23.0 Å². The molecule has 3 rings (SSSR count). The Labute approximate surface area is 245 Å². The highest BCUT2D eigenvalue weighted by molar-refractivity contribution is 7.90. The van der Waals surface area contributed by atoms with E-state index in [1.165, 1.54) is 4.90 Å². The number of carbonyl (C=O) groups excluding carboxylic acids is 4. The summed E-state index contributed by atoms with van der Waals surface area (Å²) in [4.78, 5) is 51.4. The lowest BCUT2D eigenvalue weighted by Crippen LogP contribution is -2.53. The molecule has 1 aliphatic heterocycles. The molecule has 2 aliphatic carbocycles. The van der Waals surface area contributed by atoms with Crippen LogP contribution >= 0.6 is 0 Å². The van der Waals surface area contributed by atoms with E-state index in [1.54, 1.807) is 20.8 Å². The Morgan fingerprint density at radius 1 is 1.00 bits per heavy atom. The number of nitrogens with one attached hydrogen (secondary N) is 2. The van der Waals surface area contributed by atoms with E-state index in [0.29, 0.717) is 38.6 Å². The van der Waals surface area contributed by atoms with E-state index < -0.39 is 45.1 Å². The Hall–Kier alpha value is -2.37. The molecule has 0 spiro atoms. The van der Waals surface area contributed by atoms with Crippen LogP contribution in [0.25, 0.3) is 0 Å². The normalized spacial score (nSPS) is 24.9. The lowest BCUT2D eigenvalue weighted by atomic mass is 10.0. The zero-order valence-corrected chi connectivity index (χ0v) is 26.0. The minimum absolute atomic E-state index is 0.244. The summed E-state index contributed by atoms with van der Waals surface area (Å²) in [6.07, 6.45) is 10.8. The van der Waals surface area contributed by atoms with E-state index in [1.807, 2.05) is 6.92 Å². The van der Waals surface area contributed by atoms with Crippen LogP contribution in [0.5, 0.6) is 0 Å². The van der Waals surface area contributed by atoms with E-state index in [0.717, 1.165) is 57.8 Å². The quantitative estimate of drug-likeness (QED) is 0.229. The van der Waals surface area contributed by atoms with Crippen LogP contribution in [0.4, 0.5) is 4.79 Å². The van der Waals surface area contributed by atoms with E-state index >= 15 is 0 Å². The Bertz CT molecular complexity index is 1070. The van der Waals surface area contributed by atoms with Gasteiger partial charge in [0.2, 0.25) is 27.7 Å². The summed E-state index contributed by atoms with van der Waals surface area (Å²) in [5.74, 6) is -0.915. The van der Waals surface area contributed by atoms with Gasteiger partial charge in [0.25, 0.3) is 0 Å². The van der Waals surface area contributed by atoms with Gasteiger partial charge in [-0.1, -0.05) is 51.9 Å². The summed E-state index contributed by atoms with van der Waals surface area (Å²) in [6, 6.07) is -1.40. The van der Waals surface area contributed by atoms with Crippen molar-refractivity contribution in [2.75, 3.05) is 6.54 Å². The smallest absolute Gasteiger partial charge is 0.408 e.